The molecule has 2 amide bonds. The van der Waals surface area contributed by atoms with Crippen molar-refractivity contribution in [3.8, 4) is 0 Å². The van der Waals surface area contributed by atoms with Crippen LogP contribution in [0.15, 0.2) is 0 Å². The Morgan fingerprint density at radius 2 is 2.00 bits per heavy atom. The lowest BCUT2D eigenvalue weighted by Crippen LogP contribution is -2.48. The molecule has 2 atom stereocenters. The van der Waals surface area contributed by atoms with Gasteiger partial charge in [0, 0.05) is 14.0 Å². The van der Waals surface area contributed by atoms with Crippen molar-refractivity contribution in [1.82, 2.24) is 10.2 Å². The number of amides is 2. The smallest absolute Gasteiger partial charge is 0.239 e. The summed E-state index contributed by atoms with van der Waals surface area (Å²) in [5.41, 5.74) is 0. The lowest BCUT2D eigenvalue weighted by molar-refractivity contribution is -0.133. The molecule has 0 aromatic heterocycles. The number of hydrogen-bond acceptors (Lipinski definition) is 3. The van der Waals surface area contributed by atoms with E-state index in [0.29, 0.717) is 0 Å². The molecule has 1 fully saturated rings. The van der Waals surface area contributed by atoms with Crippen LogP contribution >= 0.6 is 0 Å². The zero-order chi connectivity index (χ0) is 12.1. The van der Waals surface area contributed by atoms with Crippen molar-refractivity contribution in [3.63, 3.8) is 0 Å². The fourth-order valence-electron chi connectivity index (χ4n) is 1.86. The molecule has 1 saturated carbocycles. The Hall–Kier alpha value is -1.10. The van der Waals surface area contributed by atoms with Crippen molar-refractivity contribution in [1.29, 1.82) is 0 Å². The number of rotatable bonds is 3. The van der Waals surface area contributed by atoms with Crippen LogP contribution in [-0.4, -0.2) is 47.6 Å². The summed E-state index contributed by atoms with van der Waals surface area (Å²) >= 11 is 0. The molecule has 0 aromatic carbocycles. The summed E-state index contributed by atoms with van der Waals surface area (Å²) in [6.07, 6.45) is 3.16. The fourth-order valence-corrected chi connectivity index (χ4v) is 1.86. The molecule has 5 heteroatoms. The third kappa shape index (κ3) is 3.81. The first kappa shape index (κ1) is 13.0. The molecule has 0 spiro atoms. The van der Waals surface area contributed by atoms with Crippen LogP contribution in [0.5, 0.6) is 0 Å². The highest BCUT2D eigenvalue weighted by atomic mass is 16.3. The molecule has 0 radical (unpaired) electrons. The molecule has 16 heavy (non-hydrogen) atoms. The minimum atomic E-state index is -0.444. The second-order valence-electron chi connectivity index (χ2n) is 4.40. The highest BCUT2D eigenvalue weighted by Gasteiger charge is 2.24. The van der Waals surface area contributed by atoms with Crippen molar-refractivity contribution in [2.75, 3.05) is 13.6 Å². The Bertz CT molecular complexity index is 268. The fraction of sp³-hybridized carbons (Fsp3) is 0.818. The number of carbonyl (C=O) groups excluding carboxylic acids is 2. The highest BCUT2D eigenvalue weighted by Crippen LogP contribution is 2.18. The van der Waals surface area contributed by atoms with Gasteiger partial charge in [0.2, 0.25) is 11.8 Å². The zero-order valence-electron chi connectivity index (χ0n) is 9.90. The predicted octanol–water partition coefficient (Wildman–Crippen LogP) is -0.116. The van der Waals surface area contributed by atoms with Crippen LogP contribution in [0.25, 0.3) is 0 Å². The molecule has 0 saturated heterocycles. The van der Waals surface area contributed by atoms with E-state index in [4.69, 9.17) is 0 Å². The van der Waals surface area contributed by atoms with Crippen molar-refractivity contribution >= 4 is 11.8 Å². The van der Waals surface area contributed by atoms with Gasteiger partial charge in [-0.2, -0.15) is 0 Å². The molecule has 0 unspecified atom stereocenters. The van der Waals surface area contributed by atoms with Gasteiger partial charge >= 0.3 is 0 Å². The van der Waals surface area contributed by atoms with Crippen LogP contribution in [0.3, 0.4) is 0 Å². The van der Waals surface area contributed by atoms with Crippen LogP contribution in [0.1, 0.15) is 32.6 Å². The van der Waals surface area contributed by atoms with Crippen LogP contribution < -0.4 is 5.32 Å². The van der Waals surface area contributed by atoms with E-state index in [-0.39, 0.29) is 24.4 Å². The molecule has 0 bridgehead atoms. The highest BCUT2D eigenvalue weighted by molar-refractivity contribution is 5.83. The third-order valence-corrected chi connectivity index (χ3v) is 2.99. The second kappa shape index (κ2) is 5.84. The molecule has 0 heterocycles. The van der Waals surface area contributed by atoms with Crippen molar-refractivity contribution in [2.45, 2.75) is 44.8 Å². The third-order valence-electron chi connectivity index (χ3n) is 2.99. The maximum absolute atomic E-state index is 11.6. The van der Waals surface area contributed by atoms with Gasteiger partial charge in [0.15, 0.2) is 0 Å². The van der Waals surface area contributed by atoms with Gasteiger partial charge in [-0.25, -0.2) is 0 Å². The van der Waals surface area contributed by atoms with Gasteiger partial charge in [0.25, 0.3) is 0 Å². The van der Waals surface area contributed by atoms with Crippen molar-refractivity contribution < 1.29 is 14.7 Å². The van der Waals surface area contributed by atoms with Gasteiger partial charge in [-0.15, -0.1) is 0 Å². The van der Waals surface area contributed by atoms with E-state index in [1.807, 2.05) is 0 Å². The molecule has 0 aromatic rings. The zero-order valence-corrected chi connectivity index (χ0v) is 9.90. The number of aliphatic hydroxyl groups is 1. The Morgan fingerprint density at radius 3 is 2.56 bits per heavy atom. The molecule has 5 nitrogen and oxygen atoms in total. The van der Waals surface area contributed by atoms with Gasteiger partial charge in [0.1, 0.15) is 0 Å². The first-order valence-electron chi connectivity index (χ1n) is 5.70. The number of aliphatic hydroxyl groups excluding tert-OH is 1. The van der Waals surface area contributed by atoms with E-state index in [2.05, 4.69) is 5.32 Å². The van der Waals surface area contributed by atoms with Crippen LogP contribution in [0.4, 0.5) is 0 Å². The molecule has 2 N–H and O–H groups in total. The average Bonchev–Trinajstić information content (AvgIpc) is 2.21. The molecular formula is C11H20N2O3. The maximum atomic E-state index is 11.6. The second-order valence-corrected chi connectivity index (χ2v) is 4.40. The minimum Gasteiger partial charge on any atom is -0.391 e. The van der Waals surface area contributed by atoms with Crippen molar-refractivity contribution in [2.24, 2.45) is 0 Å². The van der Waals surface area contributed by atoms with E-state index in [0.717, 1.165) is 25.7 Å². The summed E-state index contributed by atoms with van der Waals surface area (Å²) in [5.74, 6) is -0.344. The van der Waals surface area contributed by atoms with E-state index in [1.54, 1.807) is 7.05 Å². The molecule has 0 aliphatic heterocycles. The van der Waals surface area contributed by atoms with Gasteiger partial charge in [-0.1, -0.05) is 12.8 Å². The molecule has 1 aliphatic rings. The van der Waals surface area contributed by atoms with Crippen LogP contribution in [-0.2, 0) is 9.59 Å². The van der Waals surface area contributed by atoms with Crippen LogP contribution in [0, 0.1) is 0 Å². The van der Waals surface area contributed by atoms with E-state index in [1.165, 1.54) is 11.8 Å². The summed E-state index contributed by atoms with van der Waals surface area (Å²) in [5, 5.41) is 12.4. The Kier molecular flexibility index (Phi) is 4.73. The summed E-state index contributed by atoms with van der Waals surface area (Å²) in [4.78, 5) is 23.8. The molecule has 1 rings (SSSR count). The average molecular weight is 228 g/mol. The standard InChI is InChI=1S/C11H20N2O3/c1-8(14)13(2)7-11(16)12-9-5-3-4-6-10(9)15/h9-10,15H,3-7H2,1-2H3,(H,12,16)/t9-,10-/m1/s1. The van der Waals surface area contributed by atoms with Crippen LogP contribution in [0.2, 0.25) is 0 Å². The van der Waals surface area contributed by atoms with E-state index >= 15 is 0 Å². The maximum Gasteiger partial charge on any atom is 0.239 e. The largest absolute Gasteiger partial charge is 0.391 e. The van der Waals surface area contributed by atoms with Gasteiger partial charge in [-0.3, -0.25) is 9.59 Å². The van der Waals surface area contributed by atoms with E-state index in [9.17, 15) is 14.7 Å². The van der Waals surface area contributed by atoms with Gasteiger partial charge in [-0.05, 0) is 12.8 Å². The molecule has 92 valence electrons. The summed E-state index contributed by atoms with van der Waals surface area (Å²) in [6, 6.07) is -0.151. The first-order chi connectivity index (χ1) is 7.50. The number of carbonyl (C=O) groups is 2. The molecular weight excluding hydrogens is 208 g/mol. The lowest BCUT2D eigenvalue weighted by atomic mass is 9.92. The predicted molar refractivity (Wildman–Crippen MR) is 59.7 cm³/mol. The number of likely N-dealkylation sites (N-methyl/N-ethyl adjacent to an activating group) is 1. The van der Waals surface area contributed by atoms with E-state index < -0.39 is 6.10 Å². The quantitative estimate of drug-likeness (QED) is 0.708. The van der Waals surface area contributed by atoms with Gasteiger partial charge < -0.3 is 15.3 Å². The molecule has 1 aliphatic carbocycles. The monoisotopic (exact) mass is 228 g/mol. The summed E-state index contributed by atoms with van der Waals surface area (Å²) in [7, 11) is 1.58. The Morgan fingerprint density at radius 1 is 1.38 bits per heavy atom. The van der Waals surface area contributed by atoms with Gasteiger partial charge in [0.05, 0.1) is 18.7 Å². The lowest BCUT2D eigenvalue weighted by Gasteiger charge is -2.29. The first-order valence-corrected chi connectivity index (χ1v) is 5.70. The number of nitrogens with zero attached hydrogens (tertiary/aromatic N) is 1. The minimum absolute atomic E-state index is 0.0541. The topological polar surface area (TPSA) is 69.6 Å². The normalized spacial score (nSPS) is 24.9. The Labute approximate surface area is 95.8 Å². The number of hydrogen-bond donors (Lipinski definition) is 2. The Balaban J connectivity index is 2.35. The number of nitrogens with one attached hydrogen (secondary N) is 1. The van der Waals surface area contributed by atoms with Crippen molar-refractivity contribution in [3.05, 3.63) is 0 Å². The summed E-state index contributed by atoms with van der Waals surface area (Å²) < 4.78 is 0. The SMILES string of the molecule is CC(=O)N(C)CC(=O)N[C@@H]1CCCC[C@H]1O. The summed E-state index contributed by atoms with van der Waals surface area (Å²) in [6.45, 7) is 1.47.